The Hall–Kier alpha value is -1.55. The van der Waals surface area contributed by atoms with E-state index in [1.807, 2.05) is 42.3 Å². The molecule has 0 bridgehead atoms. The highest BCUT2D eigenvalue weighted by molar-refractivity contribution is 5.79. The highest BCUT2D eigenvalue weighted by Gasteiger charge is 2.26. The van der Waals surface area contributed by atoms with E-state index in [0.717, 1.165) is 18.7 Å². The van der Waals surface area contributed by atoms with Crippen LogP contribution in [0.5, 0.6) is 0 Å². The van der Waals surface area contributed by atoms with Crippen LogP contribution in [0.1, 0.15) is 19.8 Å². The van der Waals surface area contributed by atoms with Crippen LogP contribution in [0.2, 0.25) is 0 Å². The third-order valence-electron chi connectivity index (χ3n) is 2.86. The van der Waals surface area contributed by atoms with E-state index in [1.54, 1.807) is 5.01 Å². The van der Waals surface area contributed by atoms with Crippen molar-refractivity contribution in [2.75, 3.05) is 18.1 Å². The molecule has 1 saturated heterocycles. The lowest BCUT2D eigenvalue weighted by molar-refractivity contribution is -0.134. The second-order valence-electron chi connectivity index (χ2n) is 4.52. The van der Waals surface area contributed by atoms with Gasteiger partial charge in [-0.05, 0) is 25.5 Å². The molecule has 1 heterocycles. The van der Waals surface area contributed by atoms with Gasteiger partial charge in [0, 0.05) is 19.0 Å². The molecule has 1 unspecified atom stereocenters. The molecule has 2 rings (SSSR count). The largest absolute Gasteiger partial charge is 0.326 e. The van der Waals surface area contributed by atoms with Crippen molar-refractivity contribution in [2.45, 2.75) is 25.8 Å². The second kappa shape index (κ2) is 5.19. The van der Waals surface area contributed by atoms with Crippen molar-refractivity contribution in [2.24, 2.45) is 5.73 Å². The number of hydrogen-bond donors (Lipinski definition) is 1. The summed E-state index contributed by atoms with van der Waals surface area (Å²) in [6.45, 7) is 3.38. The normalized spacial score (nSPS) is 18.4. The number of benzene rings is 1. The van der Waals surface area contributed by atoms with Gasteiger partial charge in [0.1, 0.15) is 0 Å². The third kappa shape index (κ3) is 2.77. The molecule has 0 aliphatic carbocycles. The first-order chi connectivity index (χ1) is 8.18. The average molecular weight is 233 g/mol. The van der Waals surface area contributed by atoms with E-state index >= 15 is 0 Å². The summed E-state index contributed by atoms with van der Waals surface area (Å²) < 4.78 is 0. The van der Waals surface area contributed by atoms with Crippen molar-refractivity contribution in [1.82, 2.24) is 5.01 Å². The number of rotatable bonds is 3. The SMILES string of the molecule is CC(N)CN1C(=O)CCCN1c1ccccc1. The summed E-state index contributed by atoms with van der Waals surface area (Å²) in [4.78, 5) is 11.9. The summed E-state index contributed by atoms with van der Waals surface area (Å²) >= 11 is 0. The minimum absolute atomic E-state index is 0.0109. The van der Waals surface area contributed by atoms with Gasteiger partial charge >= 0.3 is 0 Å². The van der Waals surface area contributed by atoms with E-state index in [2.05, 4.69) is 0 Å². The number of anilines is 1. The van der Waals surface area contributed by atoms with E-state index in [1.165, 1.54) is 0 Å². The maximum absolute atomic E-state index is 11.9. The quantitative estimate of drug-likeness (QED) is 0.858. The lowest BCUT2D eigenvalue weighted by Gasteiger charge is -2.40. The number of hydrazine groups is 1. The Balaban J connectivity index is 2.20. The van der Waals surface area contributed by atoms with Gasteiger partial charge in [0.15, 0.2) is 0 Å². The first-order valence-corrected chi connectivity index (χ1v) is 6.07. The predicted octanol–water partition coefficient (Wildman–Crippen LogP) is 1.38. The molecular weight excluding hydrogens is 214 g/mol. The van der Waals surface area contributed by atoms with Crippen LogP contribution in [0.3, 0.4) is 0 Å². The van der Waals surface area contributed by atoms with Gasteiger partial charge in [-0.2, -0.15) is 0 Å². The molecule has 1 aliphatic heterocycles. The maximum Gasteiger partial charge on any atom is 0.241 e. The summed E-state index contributed by atoms with van der Waals surface area (Å²) in [6, 6.07) is 9.98. The maximum atomic E-state index is 11.9. The molecule has 0 radical (unpaired) electrons. The van der Waals surface area contributed by atoms with Gasteiger partial charge in [0.25, 0.3) is 0 Å². The molecule has 92 valence electrons. The van der Waals surface area contributed by atoms with Crippen molar-refractivity contribution < 1.29 is 4.79 Å². The Labute approximate surface area is 102 Å². The van der Waals surface area contributed by atoms with Crippen LogP contribution >= 0.6 is 0 Å². The van der Waals surface area contributed by atoms with Crippen molar-refractivity contribution >= 4 is 11.6 Å². The summed E-state index contributed by atoms with van der Waals surface area (Å²) in [5.74, 6) is 0.164. The number of nitrogens with two attached hydrogens (primary N) is 1. The molecule has 1 atom stereocenters. The first kappa shape index (κ1) is 11.9. The fourth-order valence-electron chi connectivity index (χ4n) is 2.11. The van der Waals surface area contributed by atoms with E-state index in [-0.39, 0.29) is 11.9 Å². The van der Waals surface area contributed by atoms with Crippen LogP contribution in [0.4, 0.5) is 5.69 Å². The van der Waals surface area contributed by atoms with Gasteiger partial charge in [-0.3, -0.25) is 14.8 Å². The third-order valence-corrected chi connectivity index (χ3v) is 2.86. The van der Waals surface area contributed by atoms with E-state index in [9.17, 15) is 4.79 Å². The predicted molar refractivity (Wildman–Crippen MR) is 68.4 cm³/mol. The van der Waals surface area contributed by atoms with Crippen LogP contribution in [0.15, 0.2) is 30.3 Å². The zero-order valence-electron chi connectivity index (χ0n) is 10.2. The Morgan fingerprint density at radius 3 is 2.71 bits per heavy atom. The summed E-state index contributed by atoms with van der Waals surface area (Å²) in [5, 5.41) is 3.82. The molecule has 1 amide bonds. The number of amides is 1. The van der Waals surface area contributed by atoms with Crippen LogP contribution in [0, 0.1) is 0 Å². The van der Waals surface area contributed by atoms with Crippen LogP contribution in [-0.4, -0.2) is 30.0 Å². The molecule has 0 aromatic heterocycles. The van der Waals surface area contributed by atoms with E-state index < -0.39 is 0 Å². The molecule has 0 spiro atoms. The molecule has 4 nitrogen and oxygen atoms in total. The highest BCUT2D eigenvalue weighted by atomic mass is 16.2. The molecule has 1 aliphatic rings. The first-order valence-electron chi connectivity index (χ1n) is 6.07. The van der Waals surface area contributed by atoms with E-state index in [4.69, 9.17) is 5.73 Å². The summed E-state index contributed by atoms with van der Waals surface area (Å²) in [5.41, 5.74) is 6.86. The van der Waals surface area contributed by atoms with Gasteiger partial charge in [-0.25, -0.2) is 0 Å². The average Bonchev–Trinajstić information content (AvgIpc) is 2.32. The second-order valence-corrected chi connectivity index (χ2v) is 4.52. The summed E-state index contributed by atoms with van der Waals surface area (Å²) in [6.07, 6.45) is 1.53. The Morgan fingerprint density at radius 1 is 1.35 bits per heavy atom. The van der Waals surface area contributed by atoms with Gasteiger partial charge in [-0.1, -0.05) is 18.2 Å². The zero-order chi connectivity index (χ0) is 12.3. The Bertz CT molecular complexity index is 378. The van der Waals surface area contributed by atoms with Crippen molar-refractivity contribution in [1.29, 1.82) is 0 Å². The van der Waals surface area contributed by atoms with Crippen molar-refractivity contribution in [3.63, 3.8) is 0 Å². The van der Waals surface area contributed by atoms with Crippen LogP contribution in [-0.2, 0) is 4.79 Å². The Kier molecular flexibility index (Phi) is 3.64. The van der Waals surface area contributed by atoms with Crippen LogP contribution < -0.4 is 10.7 Å². The lowest BCUT2D eigenvalue weighted by Crippen LogP contribution is -2.54. The lowest BCUT2D eigenvalue weighted by atomic mass is 10.2. The number of para-hydroxylation sites is 1. The molecule has 1 fully saturated rings. The molecule has 0 saturated carbocycles. The van der Waals surface area contributed by atoms with Gasteiger partial charge in [0.05, 0.1) is 12.2 Å². The standard InChI is InChI=1S/C13H19N3O/c1-11(14)10-16-13(17)8-5-9-15(16)12-6-3-2-4-7-12/h2-4,6-7,11H,5,8-10,14H2,1H3. The molecular formula is C13H19N3O. The van der Waals surface area contributed by atoms with Gasteiger partial charge < -0.3 is 5.73 Å². The monoisotopic (exact) mass is 233 g/mol. The van der Waals surface area contributed by atoms with E-state index in [0.29, 0.717) is 13.0 Å². The van der Waals surface area contributed by atoms with Crippen molar-refractivity contribution in [3.8, 4) is 0 Å². The fraction of sp³-hybridized carbons (Fsp3) is 0.462. The Morgan fingerprint density at radius 2 is 2.06 bits per heavy atom. The smallest absolute Gasteiger partial charge is 0.241 e. The number of hydrogen-bond acceptors (Lipinski definition) is 3. The minimum Gasteiger partial charge on any atom is -0.326 e. The zero-order valence-corrected chi connectivity index (χ0v) is 10.2. The number of nitrogens with zero attached hydrogens (tertiary/aromatic N) is 2. The molecule has 1 aromatic rings. The fourth-order valence-corrected chi connectivity index (χ4v) is 2.11. The van der Waals surface area contributed by atoms with Gasteiger partial charge in [0.2, 0.25) is 5.91 Å². The number of carbonyl (C=O) groups excluding carboxylic acids is 1. The number of carbonyl (C=O) groups is 1. The van der Waals surface area contributed by atoms with Crippen molar-refractivity contribution in [3.05, 3.63) is 30.3 Å². The van der Waals surface area contributed by atoms with Crippen LogP contribution in [0.25, 0.3) is 0 Å². The summed E-state index contributed by atoms with van der Waals surface area (Å²) in [7, 11) is 0. The topological polar surface area (TPSA) is 49.6 Å². The van der Waals surface area contributed by atoms with Gasteiger partial charge in [-0.15, -0.1) is 0 Å². The highest BCUT2D eigenvalue weighted by Crippen LogP contribution is 2.21. The molecule has 4 heteroatoms. The molecule has 1 aromatic carbocycles. The minimum atomic E-state index is -0.0109. The molecule has 17 heavy (non-hydrogen) atoms. The molecule has 2 N–H and O–H groups in total.